The molecule has 3 aromatic rings. The number of amides is 2. The van der Waals surface area contributed by atoms with Crippen LogP contribution in [-0.4, -0.2) is 47.3 Å². The zero-order chi connectivity index (χ0) is 24.3. The van der Waals surface area contributed by atoms with Gasteiger partial charge in [-0.25, -0.2) is 9.48 Å². The number of para-hydroxylation sites is 1. The molecule has 0 aliphatic heterocycles. The molecule has 2 atom stereocenters. The molecule has 4 rings (SSSR count). The monoisotopic (exact) mass is 464 g/mol. The number of ether oxygens (including phenoxy) is 2. The summed E-state index contributed by atoms with van der Waals surface area (Å²) in [6.45, 7) is 6.83. The Kier molecular flexibility index (Phi) is 6.90. The van der Waals surface area contributed by atoms with Crippen LogP contribution in [0.3, 0.4) is 0 Å². The van der Waals surface area contributed by atoms with E-state index in [9.17, 15) is 9.90 Å². The number of carbonyl (C=O) groups excluding carboxylic acids is 1. The lowest BCUT2D eigenvalue weighted by molar-refractivity contribution is 0.0883. The Bertz CT molecular complexity index is 1140. The quantitative estimate of drug-likeness (QED) is 0.457. The molecule has 0 saturated carbocycles. The fourth-order valence-corrected chi connectivity index (χ4v) is 4.54. The Morgan fingerprint density at radius 3 is 2.59 bits per heavy atom. The van der Waals surface area contributed by atoms with Crippen molar-refractivity contribution in [3.63, 3.8) is 0 Å². The van der Waals surface area contributed by atoms with Gasteiger partial charge in [-0.3, -0.25) is 5.32 Å². The molecule has 1 heterocycles. The zero-order valence-electron chi connectivity index (χ0n) is 20.0. The predicted octanol–water partition coefficient (Wildman–Crippen LogP) is 4.11. The van der Waals surface area contributed by atoms with E-state index in [1.807, 2.05) is 55.5 Å². The van der Waals surface area contributed by atoms with Gasteiger partial charge in [-0.15, -0.1) is 5.10 Å². The molecule has 2 aromatic carbocycles. The lowest BCUT2D eigenvalue weighted by atomic mass is 9.70. The number of benzene rings is 2. The standard InChI is InChI=1S/C26H32N4O4/c1-17-23(30(18-10-6-5-7-11-18)29-24(17)34-15-14-33-4)28-25(32)27-22-19-12-8-9-13-20(19)26(2,3)16-21(22)31/h5-13,21-22,31H,14-16H2,1-4H3,(H2,27,28,32). The fourth-order valence-electron chi connectivity index (χ4n) is 4.54. The normalized spacial score (nSPS) is 18.7. The SMILES string of the molecule is COCCOc1nn(-c2ccccc2)c(NC(=O)NC2c3ccccc3C(C)(C)CC2O)c1C. The first-order valence-corrected chi connectivity index (χ1v) is 11.4. The Morgan fingerprint density at radius 2 is 1.85 bits per heavy atom. The third-order valence-corrected chi connectivity index (χ3v) is 6.25. The van der Waals surface area contributed by atoms with Gasteiger partial charge >= 0.3 is 6.03 Å². The number of aromatic nitrogens is 2. The summed E-state index contributed by atoms with van der Waals surface area (Å²) in [5, 5.41) is 21.4. The van der Waals surface area contributed by atoms with Gasteiger partial charge in [0, 0.05) is 7.11 Å². The molecule has 1 aliphatic rings. The predicted molar refractivity (Wildman–Crippen MR) is 131 cm³/mol. The van der Waals surface area contributed by atoms with Gasteiger partial charge in [0.15, 0.2) is 0 Å². The number of aliphatic hydroxyl groups is 1. The maximum absolute atomic E-state index is 13.2. The molecular formula is C26H32N4O4. The number of fused-ring (bicyclic) bond motifs is 1. The number of hydrogen-bond donors (Lipinski definition) is 3. The molecule has 1 aromatic heterocycles. The number of methoxy groups -OCH3 is 1. The minimum absolute atomic E-state index is 0.179. The molecule has 2 unspecified atom stereocenters. The van der Waals surface area contributed by atoms with Crippen LogP contribution in [0, 0.1) is 6.92 Å². The number of rotatable bonds is 7. The molecule has 0 saturated heterocycles. The van der Waals surface area contributed by atoms with Crippen molar-refractivity contribution < 1.29 is 19.4 Å². The number of aliphatic hydroxyl groups excluding tert-OH is 1. The van der Waals surface area contributed by atoms with Crippen molar-refractivity contribution in [1.82, 2.24) is 15.1 Å². The second-order valence-corrected chi connectivity index (χ2v) is 9.19. The Balaban J connectivity index is 1.60. The van der Waals surface area contributed by atoms with Gasteiger partial charge in [0.05, 0.1) is 30.0 Å². The molecule has 180 valence electrons. The number of hydrogen-bond acceptors (Lipinski definition) is 5. The van der Waals surface area contributed by atoms with E-state index in [0.717, 1.165) is 16.8 Å². The molecular weight excluding hydrogens is 432 g/mol. The van der Waals surface area contributed by atoms with Gasteiger partial charge in [0.2, 0.25) is 5.88 Å². The highest BCUT2D eigenvalue weighted by Gasteiger charge is 2.39. The number of anilines is 1. The first-order chi connectivity index (χ1) is 16.3. The molecule has 0 spiro atoms. The van der Waals surface area contributed by atoms with Gasteiger partial charge in [0.25, 0.3) is 0 Å². The summed E-state index contributed by atoms with van der Waals surface area (Å²) in [6, 6.07) is 16.5. The van der Waals surface area contributed by atoms with Crippen LogP contribution in [0.5, 0.6) is 5.88 Å². The van der Waals surface area contributed by atoms with Crippen LogP contribution in [-0.2, 0) is 10.2 Å². The van der Waals surface area contributed by atoms with Crippen LogP contribution in [0.15, 0.2) is 54.6 Å². The second-order valence-electron chi connectivity index (χ2n) is 9.19. The summed E-state index contributed by atoms with van der Waals surface area (Å²) in [6.07, 6.45) is -0.156. The molecule has 34 heavy (non-hydrogen) atoms. The number of nitrogens with one attached hydrogen (secondary N) is 2. The smallest absolute Gasteiger partial charge is 0.320 e. The van der Waals surface area contributed by atoms with Crippen LogP contribution < -0.4 is 15.4 Å². The van der Waals surface area contributed by atoms with Crippen molar-refractivity contribution in [2.45, 2.75) is 44.8 Å². The van der Waals surface area contributed by atoms with E-state index in [-0.39, 0.29) is 5.41 Å². The molecule has 2 amide bonds. The molecule has 8 heteroatoms. The summed E-state index contributed by atoms with van der Waals surface area (Å²) in [5.41, 5.74) is 3.36. The first kappa shape index (κ1) is 23.8. The average molecular weight is 465 g/mol. The van der Waals surface area contributed by atoms with Crippen LogP contribution in [0.1, 0.15) is 43.0 Å². The lowest BCUT2D eigenvalue weighted by Gasteiger charge is -2.40. The van der Waals surface area contributed by atoms with Crippen molar-refractivity contribution in [3.05, 3.63) is 71.3 Å². The van der Waals surface area contributed by atoms with Gasteiger partial charge in [-0.2, -0.15) is 0 Å². The van der Waals surface area contributed by atoms with Crippen molar-refractivity contribution in [2.24, 2.45) is 0 Å². The number of carbonyl (C=O) groups is 1. The van der Waals surface area contributed by atoms with E-state index in [2.05, 4.69) is 35.6 Å². The molecule has 3 N–H and O–H groups in total. The van der Waals surface area contributed by atoms with Gasteiger partial charge in [-0.1, -0.05) is 56.3 Å². The summed E-state index contributed by atoms with van der Waals surface area (Å²) in [5.74, 6) is 0.913. The topological polar surface area (TPSA) is 97.6 Å². The number of nitrogens with zero attached hydrogens (tertiary/aromatic N) is 2. The zero-order valence-corrected chi connectivity index (χ0v) is 20.0. The van der Waals surface area contributed by atoms with Crippen molar-refractivity contribution in [1.29, 1.82) is 0 Å². The molecule has 0 bridgehead atoms. The Labute approximate surface area is 199 Å². The minimum Gasteiger partial charge on any atom is -0.474 e. The molecule has 8 nitrogen and oxygen atoms in total. The molecule has 0 radical (unpaired) electrons. The van der Waals surface area contributed by atoms with E-state index >= 15 is 0 Å². The highest BCUT2D eigenvalue weighted by Crippen LogP contribution is 2.41. The number of urea groups is 1. The third kappa shape index (κ3) is 4.78. The summed E-state index contributed by atoms with van der Waals surface area (Å²) in [7, 11) is 1.61. The largest absolute Gasteiger partial charge is 0.474 e. The van der Waals surface area contributed by atoms with Crippen molar-refractivity contribution in [3.8, 4) is 11.6 Å². The van der Waals surface area contributed by atoms with Crippen LogP contribution in [0.4, 0.5) is 10.6 Å². The Morgan fingerprint density at radius 1 is 1.15 bits per heavy atom. The minimum atomic E-state index is -0.705. The lowest BCUT2D eigenvalue weighted by Crippen LogP contribution is -2.45. The maximum atomic E-state index is 13.2. The summed E-state index contributed by atoms with van der Waals surface area (Å²) in [4.78, 5) is 13.2. The average Bonchev–Trinajstić information content (AvgIpc) is 3.12. The molecule has 1 aliphatic carbocycles. The highest BCUT2D eigenvalue weighted by atomic mass is 16.5. The van der Waals surface area contributed by atoms with E-state index < -0.39 is 18.2 Å². The fraction of sp³-hybridized carbons (Fsp3) is 0.385. The highest BCUT2D eigenvalue weighted by molar-refractivity contribution is 5.90. The van der Waals surface area contributed by atoms with Crippen molar-refractivity contribution in [2.75, 3.05) is 25.6 Å². The molecule has 0 fully saturated rings. The Hall–Kier alpha value is -3.36. The van der Waals surface area contributed by atoms with Crippen LogP contribution >= 0.6 is 0 Å². The van der Waals surface area contributed by atoms with Gasteiger partial charge < -0.3 is 19.9 Å². The third-order valence-electron chi connectivity index (χ3n) is 6.25. The van der Waals surface area contributed by atoms with E-state index in [4.69, 9.17) is 9.47 Å². The summed E-state index contributed by atoms with van der Waals surface area (Å²) >= 11 is 0. The first-order valence-electron chi connectivity index (χ1n) is 11.4. The van der Waals surface area contributed by atoms with E-state index in [1.165, 1.54) is 0 Å². The van der Waals surface area contributed by atoms with Gasteiger partial charge in [-0.05, 0) is 42.0 Å². The van der Waals surface area contributed by atoms with Crippen LogP contribution in [0.25, 0.3) is 5.69 Å². The second kappa shape index (κ2) is 9.87. The van der Waals surface area contributed by atoms with Gasteiger partial charge in [0.1, 0.15) is 12.4 Å². The van der Waals surface area contributed by atoms with Crippen LogP contribution in [0.2, 0.25) is 0 Å². The van der Waals surface area contributed by atoms with Crippen molar-refractivity contribution >= 4 is 11.8 Å². The van der Waals surface area contributed by atoms with E-state index in [1.54, 1.807) is 11.8 Å². The van der Waals surface area contributed by atoms with E-state index in [0.29, 0.717) is 36.9 Å². The maximum Gasteiger partial charge on any atom is 0.320 e. The summed E-state index contributed by atoms with van der Waals surface area (Å²) < 4.78 is 12.5.